The standard InChI is InChI=1S/C23H27N5O4/c1-15-22-26-24-14-27(22)11-12-28(15)23(29)25-21(16-5-7-17(30-2)8-6-16)19-10-9-18(31-3)13-20(19)32-4/h5-10,13-15,21H,11-12H2,1-4H3,(H,25,29). The molecule has 2 atom stereocenters. The van der Waals surface area contributed by atoms with Crippen LogP contribution in [0.2, 0.25) is 0 Å². The molecular weight excluding hydrogens is 410 g/mol. The van der Waals surface area contributed by atoms with E-state index in [2.05, 4.69) is 15.5 Å². The largest absolute Gasteiger partial charge is 0.497 e. The van der Waals surface area contributed by atoms with E-state index in [0.717, 1.165) is 22.7 Å². The summed E-state index contributed by atoms with van der Waals surface area (Å²) in [5.41, 5.74) is 1.72. The normalized spacial score (nSPS) is 16.1. The Bertz CT molecular complexity index is 1080. The molecule has 168 valence electrons. The second-order valence-electron chi connectivity index (χ2n) is 7.52. The van der Waals surface area contributed by atoms with Crippen LogP contribution in [-0.4, -0.2) is 53.6 Å². The molecular formula is C23H27N5O4. The van der Waals surface area contributed by atoms with Crippen LogP contribution < -0.4 is 19.5 Å². The molecule has 2 unspecified atom stereocenters. The minimum atomic E-state index is -0.443. The third-order valence-electron chi connectivity index (χ3n) is 5.80. The maximum Gasteiger partial charge on any atom is 0.318 e. The lowest BCUT2D eigenvalue weighted by atomic mass is 9.97. The van der Waals surface area contributed by atoms with Gasteiger partial charge in [0.15, 0.2) is 5.82 Å². The molecule has 9 heteroatoms. The van der Waals surface area contributed by atoms with Crippen LogP contribution in [0.25, 0.3) is 0 Å². The molecule has 0 aliphatic carbocycles. The molecule has 0 saturated heterocycles. The lowest BCUT2D eigenvalue weighted by Gasteiger charge is -2.34. The van der Waals surface area contributed by atoms with E-state index in [1.807, 2.05) is 54.0 Å². The first-order valence-electron chi connectivity index (χ1n) is 10.4. The number of carbonyl (C=O) groups is 1. The molecule has 2 heterocycles. The topological polar surface area (TPSA) is 90.7 Å². The Morgan fingerprint density at radius 1 is 1.03 bits per heavy atom. The van der Waals surface area contributed by atoms with Crippen molar-refractivity contribution in [2.75, 3.05) is 27.9 Å². The third kappa shape index (κ3) is 4.05. The van der Waals surface area contributed by atoms with Crippen LogP contribution in [0.3, 0.4) is 0 Å². The van der Waals surface area contributed by atoms with Gasteiger partial charge in [0.2, 0.25) is 0 Å². The van der Waals surface area contributed by atoms with E-state index in [0.29, 0.717) is 24.6 Å². The number of rotatable bonds is 6. The molecule has 32 heavy (non-hydrogen) atoms. The van der Waals surface area contributed by atoms with Crippen LogP contribution in [0.5, 0.6) is 17.2 Å². The van der Waals surface area contributed by atoms with Crippen molar-refractivity contribution in [3.05, 3.63) is 65.7 Å². The predicted octanol–water partition coefficient (Wildman–Crippen LogP) is 3.18. The number of nitrogens with zero attached hydrogens (tertiary/aromatic N) is 4. The highest BCUT2D eigenvalue weighted by Gasteiger charge is 2.31. The molecule has 4 rings (SSSR count). The summed E-state index contributed by atoms with van der Waals surface area (Å²) in [6.07, 6.45) is 1.70. The third-order valence-corrected chi connectivity index (χ3v) is 5.80. The van der Waals surface area contributed by atoms with Crippen LogP contribution in [0.1, 0.15) is 36.0 Å². The molecule has 0 saturated carbocycles. The molecule has 0 bridgehead atoms. The minimum Gasteiger partial charge on any atom is -0.497 e. The van der Waals surface area contributed by atoms with E-state index in [9.17, 15) is 4.79 Å². The van der Waals surface area contributed by atoms with Crippen molar-refractivity contribution >= 4 is 6.03 Å². The molecule has 1 aromatic heterocycles. The van der Waals surface area contributed by atoms with Gasteiger partial charge in [-0.2, -0.15) is 0 Å². The first-order valence-corrected chi connectivity index (χ1v) is 10.4. The molecule has 1 aliphatic rings. The number of benzene rings is 2. The molecule has 3 aromatic rings. The summed E-state index contributed by atoms with van der Waals surface area (Å²) in [5.74, 6) is 2.81. The van der Waals surface area contributed by atoms with Gasteiger partial charge in [-0.3, -0.25) is 0 Å². The Hall–Kier alpha value is -3.75. The highest BCUT2D eigenvalue weighted by atomic mass is 16.5. The first kappa shape index (κ1) is 21.5. The van der Waals surface area contributed by atoms with Gasteiger partial charge in [0.1, 0.15) is 23.6 Å². The van der Waals surface area contributed by atoms with Crippen molar-refractivity contribution in [2.45, 2.75) is 25.6 Å². The Morgan fingerprint density at radius 3 is 2.44 bits per heavy atom. The number of hydrogen-bond acceptors (Lipinski definition) is 6. The number of urea groups is 1. The fraction of sp³-hybridized carbons (Fsp3) is 0.348. The quantitative estimate of drug-likeness (QED) is 0.637. The van der Waals surface area contributed by atoms with Gasteiger partial charge in [0.05, 0.1) is 33.4 Å². The Balaban J connectivity index is 1.67. The number of amides is 2. The molecule has 2 aromatic carbocycles. The van der Waals surface area contributed by atoms with Gasteiger partial charge in [-0.1, -0.05) is 12.1 Å². The van der Waals surface area contributed by atoms with Gasteiger partial charge >= 0.3 is 6.03 Å². The average Bonchev–Trinajstić information content (AvgIpc) is 3.32. The van der Waals surface area contributed by atoms with E-state index >= 15 is 0 Å². The van der Waals surface area contributed by atoms with Crippen molar-refractivity contribution < 1.29 is 19.0 Å². The van der Waals surface area contributed by atoms with Crippen molar-refractivity contribution in [1.82, 2.24) is 25.0 Å². The van der Waals surface area contributed by atoms with Crippen molar-refractivity contribution in [2.24, 2.45) is 0 Å². The highest BCUT2D eigenvalue weighted by molar-refractivity contribution is 5.76. The first-order chi connectivity index (χ1) is 15.5. The smallest absolute Gasteiger partial charge is 0.318 e. The summed E-state index contributed by atoms with van der Waals surface area (Å²) in [4.78, 5) is 15.2. The Morgan fingerprint density at radius 2 is 1.75 bits per heavy atom. The number of hydrogen-bond donors (Lipinski definition) is 1. The van der Waals surface area contributed by atoms with Gasteiger partial charge in [0, 0.05) is 24.7 Å². The van der Waals surface area contributed by atoms with Gasteiger partial charge < -0.3 is 29.0 Å². The predicted molar refractivity (Wildman–Crippen MR) is 118 cm³/mol. The van der Waals surface area contributed by atoms with E-state index < -0.39 is 6.04 Å². The van der Waals surface area contributed by atoms with Crippen LogP contribution >= 0.6 is 0 Å². The SMILES string of the molecule is COc1ccc(C(NC(=O)N2CCn3cnnc3C2C)c2ccc(OC)cc2OC)cc1. The summed E-state index contributed by atoms with van der Waals surface area (Å²) >= 11 is 0. The highest BCUT2D eigenvalue weighted by Crippen LogP contribution is 2.34. The lowest BCUT2D eigenvalue weighted by Crippen LogP contribution is -2.47. The molecule has 1 aliphatic heterocycles. The van der Waals surface area contributed by atoms with Gasteiger partial charge in [-0.15, -0.1) is 10.2 Å². The Labute approximate surface area is 186 Å². The summed E-state index contributed by atoms with van der Waals surface area (Å²) in [5, 5.41) is 11.3. The number of carbonyl (C=O) groups excluding carboxylic acids is 1. The summed E-state index contributed by atoms with van der Waals surface area (Å²) < 4.78 is 18.2. The number of methoxy groups -OCH3 is 3. The zero-order valence-corrected chi connectivity index (χ0v) is 18.6. The second kappa shape index (κ2) is 9.17. The zero-order valence-electron chi connectivity index (χ0n) is 18.6. The molecule has 0 spiro atoms. The van der Waals surface area contributed by atoms with E-state index in [-0.39, 0.29) is 12.1 Å². The lowest BCUT2D eigenvalue weighted by molar-refractivity contribution is 0.158. The maximum absolute atomic E-state index is 13.4. The molecule has 9 nitrogen and oxygen atoms in total. The molecule has 2 amide bonds. The Kier molecular flexibility index (Phi) is 6.16. The van der Waals surface area contributed by atoms with E-state index in [1.165, 1.54) is 0 Å². The van der Waals surface area contributed by atoms with Crippen LogP contribution in [0, 0.1) is 0 Å². The van der Waals surface area contributed by atoms with Crippen LogP contribution in [-0.2, 0) is 6.54 Å². The van der Waals surface area contributed by atoms with Crippen molar-refractivity contribution in [3.63, 3.8) is 0 Å². The maximum atomic E-state index is 13.4. The van der Waals surface area contributed by atoms with Crippen molar-refractivity contribution in [3.8, 4) is 17.2 Å². The second-order valence-corrected chi connectivity index (χ2v) is 7.52. The van der Waals surface area contributed by atoms with E-state index in [1.54, 1.807) is 32.6 Å². The van der Waals surface area contributed by atoms with Gasteiger partial charge in [-0.05, 0) is 36.8 Å². The fourth-order valence-corrected chi connectivity index (χ4v) is 3.99. The van der Waals surface area contributed by atoms with Crippen LogP contribution in [0.15, 0.2) is 48.8 Å². The number of ether oxygens (including phenoxy) is 3. The molecule has 1 N–H and O–H groups in total. The average molecular weight is 438 g/mol. The van der Waals surface area contributed by atoms with E-state index in [4.69, 9.17) is 14.2 Å². The number of fused-ring (bicyclic) bond motifs is 1. The number of nitrogens with one attached hydrogen (secondary N) is 1. The summed E-state index contributed by atoms with van der Waals surface area (Å²) in [6, 6.07) is 12.4. The zero-order chi connectivity index (χ0) is 22.7. The molecule has 0 fully saturated rings. The van der Waals surface area contributed by atoms with Crippen molar-refractivity contribution in [1.29, 1.82) is 0 Å². The fourth-order valence-electron chi connectivity index (χ4n) is 3.99. The molecule has 0 radical (unpaired) electrons. The summed E-state index contributed by atoms with van der Waals surface area (Å²) in [6.45, 7) is 3.17. The summed E-state index contributed by atoms with van der Waals surface area (Å²) in [7, 11) is 4.83. The van der Waals surface area contributed by atoms with Crippen LogP contribution in [0.4, 0.5) is 4.79 Å². The minimum absolute atomic E-state index is 0.189. The van der Waals surface area contributed by atoms with Gasteiger partial charge in [-0.25, -0.2) is 4.79 Å². The monoisotopic (exact) mass is 437 g/mol. The number of aromatic nitrogens is 3. The van der Waals surface area contributed by atoms with Gasteiger partial charge in [0.25, 0.3) is 0 Å².